The number of nitrogens with zero attached hydrogens (tertiary/aromatic N) is 2. The van der Waals surface area contributed by atoms with E-state index in [9.17, 15) is 4.79 Å². The average Bonchev–Trinajstić information content (AvgIpc) is 2.81. The molecular weight excluding hydrogens is 318 g/mol. The standard InChI is InChI=1S/C15H18BrN3O/c1-15(2,11-5-4-6-12(16)9-11)14(20)18-10-13-17-7-8-19(13)3/h4-9H,10H2,1-3H3,(H,18,20). The number of hydrogen-bond acceptors (Lipinski definition) is 2. The summed E-state index contributed by atoms with van der Waals surface area (Å²) in [4.78, 5) is 16.6. The van der Waals surface area contributed by atoms with Gasteiger partial charge in [0.15, 0.2) is 0 Å². The molecule has 2 aromatic rings. The summed E-state index contributed by atoms with van der Waals surface area (Å²) >= 11 is 3.44. The first-order valence-electron chi connectivity index (χ1n) is 6.42. The van der Waals surface area contributed by atoms with Crippen LogP contribution in [0.5, 0.6) is 0 Å². The highest BCUT2D eigenvalue weighted by Crippen LogP contribution is 2.26. The summed E-state index contributed by atoms with van der Waals surface area (Å²) in [5.41, 5.74) is 0.388. The van der Waals surface area contributed by atoms with Gasteiger partial charge in [-0.15, -0.1) is 0 Å². The number of rotatable bonds is 4. The van der Waals surface area contributed by atoms with E-state index in [1.807, 2.05) is 55.9 Å². The Morgan fingerprint density at radius 3 is 2.80 bits per heavy atom. The Balaban J connectivity index is 2.09. The molecule has 0 atom stereocenters. The first-order valence-corrected chi connectivity index (χ1v) is 7.21. The van der Waals surface area contributed by atoms with E-state index in [1.165, 1.54) is 0 Å². The largest absolute Gasteiger partial charge is 0.348 e. The van der Waals surface area contributed by atoms with Crippen molar-refractivity contribution >= 4 is 21.8 Å². The highest BCUT2D eigenvalue weighted by molar-refractivity contribution is 9.10. The topological polar surface area (TPSA) is 46.9 Å². The third-order valence-corrected chi connectivity index (χ3v) is 3.94. The fourth-order valence-electron chi connectivity index (χ4n) is 1.96. The number of hydrogen-bond donors (Lipinski definition) is 1. The van der Waals surface area contributed by atoms with E-state index in [1.54, 1.807) is 6.20 Å². The number of halogens is 1. The molecule has 0 bridgehead atoms. The molecule has 1 amide bonds. The summed E-state index contributed by atoms with van der Waals surface area (Å²) in [7, 11) is 1.91. The van der Waals surface area contributed by atoms with E-state index < -0.39 is 5.41 Å². The van der Waals surface area contributed by atoms with Gasteiger partial charge in [-0.1, -0.05) is 28.1 Å². The predicted molar refractivity (Wildman–Crippen MR) is 82.2 cm³/mol. The SMILES string of the molecule is Cn1ccnc1CNC(=O)C(C)(C)c1cccc(Br)c1. The minimum Gasteiger partial charge on any atom is -0.348 e. The molecule has 0 spiro atoms. The summed E-state index contributed by atoms with van der Waals surface area (Å²) in [6.07, 6.45) is 3.59. The van der Waals surface area contributed by atoms with Gasteiger partial charge in [0.05, 0.1) is 12.0 Å². The zero-order valence-electron chi connectivity index (χ0n) is 11.9. The summed E-state index contributed by atoms with van der Waals surface area (Å²) in [5, 5.41) is 2.95. The minimum absolute atomic E-state index is 0.0152. The van der Waals surface area contributed by atoms with Gasteiger partial charge in [-0.25, -0.2) is 4.98 Å². The lowest BCUT2D eigenvalue weighted by Crippen LogP contribution is -2.40. The maximum atomic E-state index is 12.4. The monoisotopic (exact) mass is 335 g/mol. The molecule has 106 valence electrons. The van der Waals surface area contributed by atoms with Gasteiger partial charge < -0.3 is 9.88 Å². The van der Waals surface area contributed by atoms with Gasteiger partial charge in [0.25, 0.3) is 0 Å². The molecule has 0 aliphatic rings. The molecule has 1 N–H and O–H groups in total. The number of carbonyl (C=O) groups excluding carboxylic acids is 1. The molecule has 1 aromatic carbocycles. The van der Waals surface area contributed by atoms with Crippen LogP contribution in [0.2, 0.25) is 0 Å². The van der Waals surface area contributed by atoms with Crippen LogP contribution in [0.1, 0.15) is 25.2 Å². The van der Waals surface area contributed by atoms with Crippen LogP contribution in [0, 0.1) is 0 Å². The Kier molecular flexibility index (Phi) is 4.28. The normalized spacial score (nSPS) is 11.4. The van der Waals surface area contributed by atoms with Crippen molar-refractivity contribution in [3.05, 3.63) is 52.5 Å². The van der Waals surface area contributed by atoms with Gasteiger partial charge in [0.2, 0.25) is 5.91 Å². The van der Waals surface area contributed by atoms with Crippen LogP contribution in [0.15, 0.2) is 41.1 Å². The van der Waals surface area contributed by atoms with Crippen LogP contribution < -0.4 is 5.32 Å². The molecule has 20 heavy (non-hydrogen) atoms. The third-order valence-electron chi connectivity index (χ3n) is 3.44. The van der Waals surface area contributed by atoms with Crippen LogP contribution in [0.4, 0.5) is 0 Å². The zero-order chi connectivity index (χ0) is 14.8. The maximum absolute atomic E-state index is 12.4. The summed E-state index contributed by atoms with van der Waals surface area (Å²) in [5.74, 6) is 0.821. The van der Waals surface area contributed by atoms with Crippen molar-refractivity contribution in [3.8, 4) is 0 Å². The van der Waals surface area contributed by atoms with Crippen molar-refractivity contribution in [1.29, 1.82) is 0 Å². The van der Waals surface area contributed by atoms with Crippen LogP contribution in [-0.2, 0) is 23.8 Å². The van der Waals surface area contributed by atoms with Crippen LogP contribution in [-0.4, -0.2) is 15.5 Å². The first kappa shape index (κ1) is 14.8. The van der Waals surface area contributed by atoms with E-state index in [4.69, 9.17) is 0 Å². The maximum Gasteiger partial charge on any atom is 0.230 e. The van der Waals surface area contributed by atoms with Crippen LogP contribution >= 0.6 is 15.9 Å². The van der Waals surface area contributed by atoms with Crippen molar-refractivity contribution in [2.24, 2.45) is 7.05 Å². The Bertz CT molecular complexity index is 619. The van der Waals surface area contributed by atoms with Crippen LogP contribution in [0.3, 0.4) is 0 Å². The Morgan fingerprint density at radius 1 is 1.45 bits per heavy atom. The Hall–Kier alpha value is -1.62. The second-order valence-electron chi connectivity index (χ2n) is 5.27. The number of imidazole rings is 1. The number of aryl methyl sites for hydroxylation is 1. The van der Waals surface area contributed by atoms with Crippen molar-refractivity contribution in [2.45, 2.75) is 25.8 Å². The summed E-state index contributed by atoms with van der Waals surface area (Å²) in [6.45, 7) is 4.27. The lowest BCUT2D eigenvalue weighted by Gasteiger charge is -2.24. The first-order chi connectivity index (χ1) is 9.41. The number of nitrogens with one attached hydrogen (secondary N) is 1. The Morgan fingerprint density at radius 2 is 2.20 bits per heavy atom. The van der Waals surface area contributed by atoms with E-state index in [-0.39, 0.29) is 5.91 Å². The molecular formula is C15H18BrN3O. The second-order valence-corrected chi connectivity index (χ2v) is 6.19. The van der Waals surface area contributed by atoms with E-state index >= 15 is 0 Å². The number of carbonyl (C=O) groups is 1. The fourth-order valence-corrected chi connectivity index (χ4v) is 2.35. The van der Waals surface area contributed by atoms with Gasteiger partial charge in [0, 0.05) is 23.9 Å². The van der Waals surface area contributed by atoms with E-state index in [0.717, 1.165) is 15.9 Å². The molecule has 4 nitrogen and oxygen atoms in total. The molecule has 0 aliphatic carbocycles. The molecule has 2 rings (SSSR count). The number of aromatic nitrogens is 2. The average molecular weight is 336 g/mol. The molecule has 0 aliphatic heterocycles. The van der Waals surface area contributed by atoms with Crippen LogP contribution in [0.25, 0.3) is 0 Å². The fraction of sp³-hybridized carbons (Fsp3) is 0.333. The molecule has 0 unspecified atom stereocenters. The van der Waals surface area contributed by atoms with Crippen molar-refractivity contribution in [1.82, 2.24) is 14.9 Å². The van der Waals surface area contributed by atoms with Gasteiger partial charge >= 0.3 is 0 Å². The Labute approximate surface area is 127 Å². The van der Waals surface area contributed by atoms with Crippen molar-refractivity contribution in [3.63, 3.8) is 0 Å². The highest BCUT2D eigenvalue weighted by atomic mass is 79.9. The summed E-state index contributed by atoms with van der Waals surface area (Å²) in [6, 6.07) is 7.82. The predicted octanol–water partition coefficient (Wildman–Crippen LogP) is 2.78. The van der Waals surface area contributed by atoms with Gasteiger partial charge in [-0.2, -0.15) is 0 Å². The second kappa shape index (κ2) is 5.79. The molecule has 1 aromatic heterocycles. The lowest BCUT2D eigenvalue weighted by atomic mass is 9.84. The molecule has 5 heteroatoms. The molecule has 0 saturated carbocycles. The molecule has 0 saturated heterocycles. The number of benzene rings is 1. The summed E-state index contributed by atoms with van der Waals surface area (Å²) < 4.78 is 2.87. The highest BCUT2D eigenvalue weighted by Gasteiger charge is 2.29. The van der Waals surface area contributed by atoms with Crippen molar-refractivity contribution in [2.75, 3.05) is 0 Å². The van der Waals surface area contributed by atoms with Crippen molar-refractivity contribution < 1.29 is 4.79 Å². The zero-order valence-corrected chi connectivity index (χ0v) is 13.4. The minimum atomic E-state index is -0.588. The third kappa shape index (κ3) is 3.10. The molecule has 1 heterocycles. The van der Waals surface area contributed by atoms with Gasteiger partial charge in [-0.3, -0.25) is 4.79 Å². The molecule has 0 radical (unpaired) electrons. The van der Waals surface area contributed by atoms with E-state index in [0.29, 0.717) is 6.54 Å². The van der Waals surface area contributed by atoms with E-state index in [2.05, 4.69) is 26.2 Å². The number of amides is 1. The quantitative estimate of drug-likeness (QED) is 0.933. The molecule has 0 fully saturated rings. The smallest absolute Gasteiger partial charge is 0.230 e. The van der Waals surface area contributed by atoms with Gasteiger partial charge in [0.1, 0.15) is 5.82 Å². The van der Waals surface area contributed by atoms with Gasteiger partial charge in [-0.05, 0) is 31.5 Å². The lowest BCUT2D eigenvalue weighted by molar-refractivity contribution is -0.125.